The standard InChI is InChI=1S/C24H30N2O2S/c27-24(26-16-17-29(28)23-9-5-4-8-22(23)19-26)12-15-25-13-10-21(11-14-25)18-20-6-2-1-3-7-20/h1-9,21H,10-19H2. The van der Waals surface area contributed by atoms with Crippen molar-refractivity contribution in [3.63, 3.8) is 0 Å². The van der Waals surface area contributed by atoms with Crippen molar-refractivity contribution in [3.8, 4) is 0 Å². The molecule has 4 rings (SSSR count). The van der Waals surface area contributed by atoms with Crippen LogP contribution in [0, 0.1) is 5.92 Å². The van der Waals surface area contributed by atoms with E-state index in [1.165, 1.54) is 18.4 Å². The maximum Gasteiger partial charge on any atom is 0.224 e. The minimum Gasteiger partial charge on any atom is -0.337 e. The summed E-state index contributed by atoms with van der Waals surface area (Å²) in [4.78, 5) is 18.0. The lowest BCUT2D eigenvalue weighted by Gasteiger charge is -2.32. The zero-order chi connectivity index (χ0) is 20.1. The van der Waals surface area contributed by atoms with Crippen LogP contribution in [0.4, 0.5) is 0 Å². The molecule has 4 nitrogen and oxygen atoms in total. The van der Waals surface area contributed by atoms with Crippen molar-refractivity contribution in [2.75, 3.05) is 31.9 Å². The van der Waals surface area contributed by atoms with Crippen LogP contribution in [0.1, 0.15) is 30.4 Å². The summed E-state index contributed by atoms with van der Waals surface area (Å²) in [5, 5.41) is 0. The Balaban J connectivity index is 1.24. The SMILES string of the molecule is O=C(CCN1CCC(Cc2ccccc2)CC1)N1CCS(=O)c2ccccc2C1. The van der Waals surface area contributed by atoms with Crippen LogP contribution in [0.15, 0.2) is 59.5 Å². The molecule has 1 atom stereocenters. The van der Waals surface area contributed by atoms with Crippen LogP contribution in [0.5, 0.6) is 0 Å². The van der Waals surface area contributed by atoms with E-state index in [2.05, 4.69) is 35.2 Å². The summed E-state index contributed by atoms with van der Waals surface area (Å²) in [6, 6.07) is 18.6. The molecule has 0 aliphatic carbocycles. The van der Waals surface area contributed by atoms with Crippen LogP contribution in [0.3, 0.4) is 0 Å². The van der Waals surface area contributed by atoms with Gasteiger partial charge in [0.2, 0.25) is 5.91 Å². The Morgan fingerprint density at radius 3 is 2.48 bits per heavy atom. The number of piperidine rings is 1. The van der Waals surface area contributed by atoms with Crippen molar-refractivity contribution >= 4 is 16.7 Å². The van der Waals surface area contributed by atoms with E-state index in [0.29, 0.717) is 25.3 Å². The summed E-state index contributed by atoms with van der Waals surface area (Å²) in [6.45, 7) is 4.16. The minimum absolute atomic E-state index is 0.185. The molecule has 0 saturated carbocycles. The average Bonchev–Trinajstić information content (AvgIpc) is 2.93. The summed E-state index contributed by atoms with van der Waals surface area (Å²) >= 11 is 0. The molecular weight excluding hydrogens is 380 g/mol. The van der Waals surface area contributed by atoms with E-state index in [0.717, 1.165) is 42.4 Å². The number of carbonyl (C=O) groups is 1. The van der Waals surface area contributed by atoms with E-state index in [1.54, 1.807) is 0 Å². The minimum atomic E-state index is -1.00. The third-order valence-corrected chi connectivity index (χ3v) is 7.64. The number of rotatable bonds is 5. The van der Waals surface area contributed by atoms with E-state index in [1.807, 2.05) is 29.2 Å². The van der Waals surface area contributed by atoms with Gasteiger partial charge < -0.3 is 9.80 Å². The predicted molar refractivity (Wildman–Crippen MR) is 117 cm³/mol. The van der Waals surface area contributed by atoms with Gasteiger partial charge in [0.25, 0.3) is 0 Å². The highest BCUT2D eigenvalue weighted by atomic mass is 32.2. The summed E-state index contributed by atoms with van der Waals surface area (Å²) in [5.74, 6) is 1.47. The van der Waals surface area contributed by atoms with E-state index >= 15 is 0 Å². The van der Waals surface area contributed by atoms with E-state index in [4.69, 9.17) is 0 Å². The Labute approximate surface area is 176 Å². The molecule has 1 amide bonds. The van der Waals surface area contributed by atoms with Gasteiger partial charge in [0.05, 0.1) is 10.8 Å². The largest absolute Gasteiger partial charge is 0.337 e. The lowest BCUT2D eigenvalue weighted by molar-refractivity contribution is -0.132. The molecule has 2 aromatic carbocycles. The van der Waals surface area contributed by atoms with Crippen LogP contribution in [-0.4, -0.2) is 51.8 Å². The number of hydrogen-bond acceptors (Lipinski definition) is 3. The molecule has 0 spiro atoms. The van der Waals surface area contributed by atoms with Gasteiger partial charge in [-0.15, -0.1) is 0 Å². The number of likely N-dealkylation sites (tertiary alicyclic amines) is 1. The summed E-state index contributed by atoms with van der Waals surface area (Å²) < 4.78 is 12.4. The second kappa shape index (κ2) is 9.68. The van der Waals surface area contributed by atoms with E-state index in [-0.39, 0.29) is 5.91 Å². The molecule has 29 heavy (non-hydrogen) atoms. The molecule has 5 heteroatoms. The van der Waals surface area contributed by atoms with Crippen molar-refractivity contribution < 1.29 is 9.00 Å². The van der Waals surface area contributed by atoms with Crippen molar-refractivity contribution in [1.29, 1.82) is 0 Å². The van der Waals surface area contributed by atoms with Gasteiger partial charge in [-0.05, 0) is 55.5 Å². The normalized spacial score (nSPS) is 20.8. The maximum atomic E-state index is 12.8. The van der Waals surface area contributed by atoms with Crippen molar-refractivity contribution in [2.24, 2.45) is 5.92 Å². The molecular formula is C24H30N2O2S. The fourth-order valence-electron chi connectivity index (χ4n) is 4.43. The molecule has 0 radical (unpaired) electrons. The Bertz CT molecular complexity index is 847. The van der Waals surface area contributed by atoms with Gasteiger partial charge in [0.1, 0.15) is 0 Å². The Kier molecular flexibility index (Phi) is 6.78. The summed E-state index contributed by atoms with van der Waals surface area (Å²) in [7, 11) is -1.00. The molecule has 154 valence electrons. The smallest absolute Gasteiger partial charge is 0.224 e. The second-order valence-electron chi connectivity index (χ2n) is 8.20. The highest BCUT2D eigenvalue weighted by Crippen LogP contribution is 2.23. The molecule has 0 bridgehead atoms. The van der Waals surface area contributed by atoms with E-state index < -0.39 is 10.8 Å². The first-order valence-corrected chi connectivity index (χ1v) is 12.0. The van der Waals surface area contributed by atoms with Crippen molar-refractivity contribution in [3.05, 3.63) is 65.7 Å². The lowest BCUT2D eigenvalue weighted by Crippen LogP contribution is -2.38. The van der Waals surface area contributed by atoms with Gasteiger partial charge in [0.15, 0.2) is 0 Å². The molecule has 2 aliphatic heterocycles. The van der Waals surface area contributed by atoms with Crippen LogP contribution in [-0.2, 0) is 28.6 Å². The molecule has 2 heterocycles. The molecule has 2 aliphatic rings. The van der Waals surface area contributed by atoms with Crippen LogP contribution >= 0.6 is 0 Å². The molecule has 0 N–H and O–H groups in total. The second-order valence-corrected chi connectivity index (χ2v) is 9.74. The van der Waals surface area contributed by atoms with Gasteiger partial charge in [0, 0.05) is 36.7 Å². The van der Waals surface area contributed by atoms with Crippen LogP contribution in [0.25, 0.3) is 0 Å². The first-order valence-electron chi connectivity index (χ1n) is 10.7. The monoisotopic (exact) mass is 410 g/mol. The van der Waals surface area contributed by atoms with Crippen molar-refractivity contribution in [1.82, 2.24) is 9.80 Å². The number of fused-ring (bicyclic) bond motifs is 1. The Morgan fingerprint density at radius 2 is 1.69 bits per heavy atom. The highest BCUT2D eigenvalue weighted by Gasteiger charge is 2.24. The van der Waals surface area contributed by atoms with Gasteiger partial charge in [-0.2, -0.15) is 0 Å². The third-order valence-electron chi connectivity index (χ3n) is 6.19. The summed E-state index contributed by atoms with van der Waals surface area (Å²) in [6.07, 6.45) is 4.13. The highest BCUT2D eigenvalue weighted by molar-refractivity contribution is 7.85. The average molecular weight is 411 g/mol. The summed E-state index contributed by atoms with van der Waals surface area (Å²) in [5.41, 5.74) is 2.46. The van der Waals surface area contributed by atoms with Gasteiger partial charge >= 0.3 is 0 Å². The van der Waals surface area contributed by atoms with Crippen molar-refractivity contribution in [2.45, 2.75) is 37.1 Å². The maximum absolute atomic E-state index is 12.8. The number of carbonyl (C=O) groups excluding carboxylic acids is 1. The fraction of sp³-hybridized carbons (Fsp3) is 0.458. The first-order chi connectivity index (χ1) is 14.2. The first kappa shape index (κ1) is 20.3. The lowest BCUT2D eigenvalue weighted by atomic mass is 9.90. The Hall–Kier alpha value is -1.98. The predicted octanol–water partition coefficient (Wildman–Crippen LogP) is 3.48. The fourth-order valence-corrected chi connectivity index (χ4v) is 5.69. The van der Waals surface area contributed by atoms with Crippen LogP contribution in [0.2, 0.25) is 0 Å². The third kappa shape index (κ3) is 5.34. The molecule has 1 unspecified atom stereocenters. The van der Waals surface area contributed by atoms with Gasteiger partial charge in [-0.3, -0.25) is 9.00 Å². The molecule has 1 fully saturated rings. The zero-order valence-electron chi connectivity index (χ0n) is 17.0. The van der Waals surface area contributed by atoms with Gasteiger partial charge in [-0.1, -0.05) is 48.5 Å². The van der Waals surface area contributed by atoms with Gasteiger partial charge in [-0.25, -0.2) is 0 Å². The Morgan fingerprint density at radius 1 is 0.966 bits per heavy atom. The molecule has 1 saturated heterocycles. The molecule has 2 aromatic rings. The zero-order valence-corrected chi connectivity index (χ0v) is 17.8. The molecule has 0 aromatic heterocycles. The van der Waals surface area contributed by atoms with E-state index in [9.17, 15) is 9.00 Å². The number of hydrogen-bond donors (Lipinski definition) is 0. The number of amides is 1. The topological polar surface area (TPSA) is 40.6 Å². The quantitative estimate of drug-likeness (QED) is 0.758. The number of benzene rings is 2. The number of nitrogens with zero attached hydrogens (tertiary/aromatic N) is 2. The van der Waals surface area contributed by atoms with Crippen LogP contribution < -0.4 is 0 Å².